The summed E-state index contributed by atoms with van der Waals surface area (Å²) in [5.74, 6) is -0.752. The molecule has 1 aliphatic rings. The van der Waals surface area contributed by atoms with E-state index in [1.54, 1.807) is 0 Å². The molecular formula is C20H24N2O2. The fourth-order valence-corrected chi connectivity index (χ4v) is 3.50. The van der Waals surface area contributed by atoms with Crippen molar-refractivity contribution >= 4 is 5.97 Å². The average Bonchev–Trinajstić information content (AvgIpc) is 3.01. The molecule has 1 fully saturated rings. The summed E-state index contributed by atoms with van der Waals surface area (Å²) in [7, 11) is 0. The van der Waals surface area contributed by atoms with Crippen LogP contribution in [0.15, 0.2) is 42.5 Å². The number of carbonyl (C=O) groups is 1. The minimum Gasteiger partial charge on any atom is -0.481 e. The van der Waals surface area contributed by atoms with Crippen LogP contribution in [0.3, 0.4) is 0 Å². The summed E-state index contributed by atoms with van der Waals surface area (Å²) in [6.45, 7) is 4.01. The Bertz CT molecular complexity index is 700. The number of hydrogen-bond acceptors (Lipinski definition) is 3. The van der Waals surface area contributed by atoms with Crippen LogP contribution >= 0.6 is 0 Å². The van der Waals surface area contributed by atoms with Crippen molar-refractivity contribution in [3.63, 3.8) is 0 Å². The molecule has 1 saturated heterocycles. The number of benzene rings is 1. The molecule has 24 heavy (non-hydrogen) atoms. The van der Waals surface area contributed by atoms with Gasteiger partial charge in [-0.1, -0.05) is 30.3 Å². The lowest BCUT2D eigenvalue weighted by Crippen LogP contribution is -2.23. The monoisotopic (exact) mass is 324 g/mol. The van der Waals surface area contributed by atoms with Gasteiger partial charge in [-0.15, -0.1) is 0 Å². The van der Waals surface area contributed by atoms with Gasteiger partial charge in [0, 0.05) is 18.7 Å². The number of carboxylic acid groups (broad SMARTS) is 1. The molecule has 1 atom stereocenters. The number of hydrogen-bond donors (Lipinski definition) is 1. The second kappa shape index (κ2) is 7.58. The van der Waals surface area contributed by atoms with Crippen molar-refractivity contribution in [3.05, 3.63) is 65.0 Å². The molecule has 4 nitrogen and oxygen atoms in total. The molecule has 1 aliphatic heterocycles. The lowest BCUT2D eigenvalue weighted by Gasteiger charge is -2.25. The molecule has 1 aromatic heterocycles. The Kier molecular flexibility index (Phi) is 5.26. The molecule has 126 valence electrons. The Labute approximate surface area is 143 Å². The first-order valence-electron chi connectivity index (χ1n) is 8.59. The van der Waals surface area contributed by atoms with Crippen molar-refractivity contribution in [1.82, 2.24) is 9.88 Å². The smallest absolute Gasteiger partial charge is 0.303 e. The van der Waals surface area contributed by atoms with Crippen LogP contribution in [-0.2, 0) is 17.8 Å². The molecule has 3 rings (SSSR count). The zero-order valence-electron chi connectivity index (χ0n) is 14.1. The summed E-state index contributed by atoms with van der Waals surface area (Å²) >= 11 is 0. The van der Waals surface area contributed by atoms with E-state index in [2.05, 4.69) is 35.2 Å². The maximum absolute atomic E-state index is 10.8. The first kappa shape index (κ1) is 16.7. The SMILES string of the molecule is Cc1cc(CCC(=O)O)cc(C2CCCN2Cc2ccccc2)n1. The summed E-state index contributed by atoms with van der Waals surface area (Å²) in [4.78, 5) is 18.1. The summed E-state index contributed by atoms with van der Waals surface area (Å²) in [5.41, 5.74) is 4.46. The predicted molar refractivity (Wildman–Crippen MR) is 93.8 cm³/mol. The summed E-state index contributed by atoms with van der Waals surface area (Å²) < 4.78 is 0. The van der Waals surface area contributed by atoms with Gasteiger partial charge in [0.05, 0.1) is 11.7 Å². The topological polar surface area (TPSA) is 53.4 Å². The average molecular weight is 324 g/mol. The molecule has 1 unspecified atom stereocenters. The zero-order valence-corrected chi connectivity index (χ0v) is 14.1. The quantitative estimate of drug-likeness (QED) is 0.879. The summed E-state index contributed by atoms with van der Waals surface area (Å²) in [5, 5.41) is 8.91. The Morgan fingerprint density at radius 2 is 2.04 bits per heavy atom. The minimum atomic E-state index is -0.752. The Balaban J connectivity index is 1.77. The second-order valence-electron chi connectivity index (χ2n) is 6.55. The van der Waals surface area contributed by atoms with Gasteiger partial charge in [0.15, 0.2) is 0 Å². The highest BCUT2D eigenvalue weighted by Crippen LogP contribution is 2.32. The molecule has 2 aromatic rings. The van der Waals surface area contributed by atoms with E-state index in [4.69, 9.17) is 10.1 Å². The number of aliphatic carboxylic acids is 1. The van der Waals surface area contributed by atoms with Gasteiger partial charge in [-0.05, 0) is 56.0 Å². The molecule has 0 amide bonds. The lowest BCUT2D eigenvalue weighted by molar-refractivity contribution is -0.136. The maximum Gasteiger partial charge on any atom is 0.303 e. The lowest BCUT2D eigenvalue weighted by atomic mass is 10.0. The van der Waals surface area contributed by atoms with Crippen LogP contribution in [0, 0.1) is 6.92 Å². The van der Waals surface area contributed by atoms with Crippen molar-refractivity contribution < 1.29 is 9.90 Å². The molecule has 2 heterocycles. The van der Waals surface area contributed by atoms with E-state index in [1.165, 1.54) is 12.0 Å². The van der Waals surface area contributed by atoms with Gasteiger partial charge in [0.2, 0.25) is 0 Å². The van der Waals surface area contributed by atoms with Crippen molar-refractivity contribution in [1.29, 1.82) is 0 Å². The number of rotatable bonds is 6. The number of nitrogens with zero attached hydrogens (tertiary/aromatic N) is 2. The summed E-state index contributed by atoms with van der Waals surface area (Å²) in [6, 6.07) is 15.0. The predicted octanol–water partition coefficient (Wildman–Crippen LogP) is 3.74. The van der Waals surface area contributed by atoms with Crippen LogP contribution in [0.2, 0.25) is 0 Å². The third kappa shape index (κ3) is 4.20. The highest BCUT2D eigenvalue weighted by Gasteiger charge is 2.27. The van der Waals surface area contributed by atoms with Crippen LogP contribution < -0.4 is 0 Å². The first-order chi connectivity index (χ1) is 11.6. The number of carboxylic acids is 1. The van der Waals surface area contributed by atoms with Crippen molar-refractivity contribution in [3.8, 4) is 0 Å². The van der Waals surface area contributed by atoms with Gasteiger partial charge >= 0.3 is 5.97 Å². The Morgan fingerprint density at radius 1 is 1.25 bits per heavy atom. The van der Waals surface area contributed by atoms with E-state index in [1.807, 2.05) is 19.1 Å². The van der Waals surface area contributed by atoms with Gasteiger partial charge in [0.25, 0.3) is 0 Å². The molecule has 0 bridgehead atoms. The number of likely N-dealkylation sites (tertiary alicyclic amines) is 1. The molecular weight excluding hydrogens is 300 g/mol. The highest BCUT2D eigenvalue weighted by atomic mass is 16.4. The van der Waals surface area contributed by atoms with Crippen LogP contribution in [0.5, 0.6) is 0 Å². The molecule has 0 saturated carbocycles. The van der Waals surface area contributed by atoms with Crippen LogP contribution in [-0.4, -0.2) is 27.5 Å². The number of aryl methyl sites for hydroxylation is 2. The molecule has 4 heteroatoms. The molecule has 0 aliphatic carbocycles. The Hall–Kier alpha value is -2.20. The van der Waals surface area contributed by atoms with Crippen molar-refractivity contribution in [2.45, 2.75) is 45.2 Å². The number of aromatic nitrogens is 1. The fraction of sp³-hybridized carbons (Fsp3) is 0.400. The van der Waals surface area contributed by atoms with E-state index in [0.717, 1.165) is 36.5 Å². The molecule has 0 spiro atoms. The minimum absolute atomic E-state index is 0.168. The van der Waals surface area contributed by atoms with Crippen molar-refractivity contribution in [2.24, 2.45) is 0 Å². The fourth-order valence-electron chi connectivity index (χ4n) is 3.50. The van der Waals surface area contributed by atoms with Gasteiger partial charge in [-0.25, -0.2) is 0 Å². The van der Waals surface area contributed by atoms with Crippen LogP contribution in [0.25, 0.3) is 0 Å². The zero-order chi connectivity index (χ0) is 16.9. The highest BCUT2D eigenvalue weighted by molar-refractivity contribution is 5.67. The van der Waals surface area contributed by atoms with Gasteiger partial charge < -0.3 is 5.11 Å². The van der Waals surface area contributed by atoms with Crippen LogP contribution in [0.1, 0.15) is 47.8 Å². The van der Waals surface area contributed by atoms with E-state index < -0.39 is 5.97 Å². The first-order valence-corrected chi connectivity index (χ1v) is 8.59. The normalized spacial score (nSPS) is 18.0. The largest absolute Gasteiger partial charge is 0.481 e. The third-order valence-electron chi connectivity index (χ3n) is 4.59. The molecule has 1 aromatic carbocycles. The maximum atomic E-state index is 10.8. The second-order valence-corrected chi connectivity index (χ2v) is 6.55. The van der Waals surface area contributed by atoms with Gasteiger partial charge in [0.1, 0.15) is 0 Å². The van der Waals surface area contributed by atoms with E-state index >= 15 is 0 Å². The molecule has 1 N–H and O–H groups in total. The van der Waals surface area contributed by atoms with E-state index in [-0.39, 0.29) is 6.42 Å². The standard InChI is InChI=1S/C20H24N2O2/c1-15-12-17(9-10-20(23)24)13-18(21-15)19-8-5-11-22(19)14-16-6-3-2-4-7-16/h2-4,6-7,12-13,19H,5,8-11,14H2,1H3,(H,23,24). The Morgan fingerprint density at radius 3 is 2.79 bits per heavy atom. The van der Waals surface area contributed by atoms with Gasteiger partial charge in [-0.3, -0.25) is 14.7 Å². The van der Waals surface area contributed by atoms with E-state index in [0.29, 0.717) is 12.5 Å². The van der Waals surface area contributed by atoms with Crippen LogP contribution in [0.4, 0.5) is 0 Å². The third-order valence-corrected chi connectivity index (χ3v) is 4.59. The van der Waals surface area contributed by atoms with E-state index in [9.17, 15) is 4.79 Å². The van der Waals surface area contributed by atoms with Crippen molar-refractivity contribution in [2.75, 3.05) is 6.54 Å². The number of pyridine rings is 1. The summed E-state index contributed by atoms with van der Waals surface area (Å²) in [6.07, 6.45) is 3.03. The van der Waals surface area contributed by atoms with Gasteiger partial charge in [-0.2, -0.15) is 0 Å². The molecule has 0 radical (unpaired) electrons.